The van der Waals surface area contributed by atoms with Gasteiger partial charge in [-0.3, -0.25) is 14.3 Å². The zero-order valence-electron chi connectivity index (χ0n) is 10.4. The Balaban J connectivity index is 2.07. The number of nitrogens with zero attached hydrogens (tertiary/aromatic N) is 3. The number of H-pyrrole nitrogens is 1. The van der Waals surface area contributed by atoms with Gasteiger partial charge in [-0.25, -0.2) is 4.98 Å². The van der Waals surface area contributed by atoms with Crippen LogP contribution in [-0.4, -0.2) is 58.2 Å². The molecule has 0 spiro atoms. The number of hydrogen-bond donors (Lipinski definition) is 5. The van der Waals surface area contributed by atoms with Crippen molar-refractivity contribution in [1.29, 1.82) is 0 Å². The van der Waals surface area contributed by atoms with Gasteiger partial charge >= 0.3 is 0 Å². The van der Waals surface area contributed by atoms with Crippen molar-refractivity contribution < 1.29 is 20.1 Å². The quantitative estimate of drug-likeness (QED) is 0.385. The molecule has 0 saturated carbocycles. The van der Waals surface area contributed by atoms with Crippen LogP contribution < -0.4 is 11.3 Å². The molecular formula is C10H12BrN5O5. The fourth-order valence-corrected chi connectivity index (χ4v) is 2.71. The van der Waals surface area contributed by atoms with E-state index in [2.05, 4.69) is 30.9 Å². The zero-order valence-corrected chi connectivity index (χ0v) is 12.0. The molecule has 0 aliphatic carbocycles. The number of aromatic amines is 1. The lowest BCUT2D eigenvalue weighted by Crippen LogP contribution is -2.36. The number of anilines is 1. The first kappa shape index (κ1) is 14.4. The maximum Gasteiger partial charge on any atom is 0.280 e. The van der Waals surface area contributed by atoms with Crippen LogP contribution in [0.1, 0.15) is 6.23 Å². The number of aliphatic hydroxyl groups is 3. The number of imidazole rings is 1. The lowest BCUT2D eigenvalue weighted by atomic mass is 10.1. The Hall–Kier alpha value is -1.53. The third-order valence-electron chi connectivity index (χ3n) is 3.27. The van der Waals surface area contributed by atoms with Gasteiger partial charge in [-0.1, -0.05) is 15.9 Å². The number of fused-ring (bicyclic) bond motifs is 1. The van der Waals surface area contributed by atoms with E-state index in [1.54, 1.807) is 0 Å². The molecule has 114 valence electrons. The van der Waals surface area contributed by atoms with Gasteiger partial charge in [-0.05, 0) is 0 Å². The van der Waals surface area contributed by atoms with E-state index in [0.29, 0.717) is 0 Å². The molecule has 10 nitrogen and oxygen atoms in total. The maximum atomic E-state index is 11.7. The monoisotopic (exact) mass is 361 g/mol. The Kier molecular flexibility index (Phi) is 3.45. The molecule has 6 N–H and O–H groups in total. The molecule has 0 aromatic carbocycles. The molecule has 1 fully saturated rings. The van der Waals surface area contributed by atoms with Crippen LogP contribution in [0.4, 0.5) is 5.95 Å². The number of halogens is 1. The van der Waals surface area contributed by atoms with Crippen molar-refractivity contribution in [2.45, 2.75) is 29.6 Å². The van der Waals surface area contributed by atoms with Crippen LogP contribution in [0.2, 0.25) is 0 Å². The summed E-state index contributed by atoms with van der Waals surface area (Å²) >= 11 is 2.88. The second-order valence-electron chi connectivity index (χ2n) is 4.62. The average Bonchev–Trinajstić information content (AvgIpc) is 2.93. The summed E-state index contributed by atoms with van der Waals surface area (Å²) in [6, 6.07) is 0. The van der Waals surface area contributed by atoms with E-state index in [-0.39, 0.29) is 17.1 Å². The van der Waals surface area contributed by atoms with Gasteiger partial charge in [-0.2, -0.15) is 4.98 Å². The van der Waals surface area contributed by atoms with Gasteiger partial charge in [-0.15, -0.1) is 0 Å². The first-order valence-electron chi connectivity index (χ1n) is 5.96. The third-order valence-corrected chi connectivity index (χ3v) is 3.79. The van der Waals surface area contributed by atoms with Gasteiger partial charge in [0.25, 0.3) is 5.56 Å². The SMILES string of the molecule is Nc1nc2c(ncn2[C@@H]2O[C@H](C(O)Br)[C@@H](O)[C@H]2O)c(=O)[nH]1. The van der Waals surface area contributed by atoms with E-state index in [1.807, 2.05) is 0 Å². The Morgan fingerprint density at radius 3 is 2.81 bits per heavy atom. The molecule has 1 unspecified atom stereocenters. The number of nitrogens with one attached hydrogen (secondary N) is 1. The van der Waals surface area contributed by atoms with E-state index in [1.165, 1.54) is 10.9 Å². The molecule has 21 heavy (non-hydrogen) atoms. The highest BCUT2D eigenvalue weighted by Crippen LogP contribution is 2.33. The molecule has 0 bridgehead atoms. The Morgan fingerprint density at radius 2 is 2.19 bits per heavy atom. The highest BCUT2D eigenvalue weighted by molar-refractivity contribution is 9.09. The molecule has 2 aromatic heterocycles. The van der Waals surface area contributed by atoms with Crippen molar-refractivity contribution in [3.05, 3.63) is 16.7 Å². The summed E-state index contributed by atoms with van der Waals surface area (Å²) in [6.07, 6.45) is -3.50. The van der Waals surface area contributed by atoms with Crippen LogP contribution in [0, 0.1) is 0 Å². The second-order valence-corrected chi connectivity index (χ2v) is 5.56. The molecule has 2 aromatic rings. The second kappa shape index (κ2) is 5.03. The minimum absolute atomic E-state index is 0.0253. The molecular weight excluding hydrogens is 350 g/mol. The molecule has 1 aliphatic heterocycles. The smallest absolute Gasteiger partial charge is 0.280 e. The van der Waals surface area contributed by atoms with E-state index < -0.39 is 35.1 Å². The van der Waals surface area contributed by atoms with Gasteiger partial charge in [0, 0.05) is 0 Å². The summed E-state index contributed by atoms with van der Waals surface area (Å²) < 4.78 is 6.69. The van der Waals surface area contributed by atoms with E-state index in [9.17, 15) is 20.1 Å². The van der Waals surface area contributed by atoms with Gasteiger partial charge in [0.05, 0.1) is 6.33 Å². The highest BCUT2D eigenvalue weighted by atomic mass is 79.9. The normalized spacial score (nSPS) is 30.9. The summed E-state index contributed by atoms with van der Waals surface area (Å²) in [5, 5.41) is 28.2. The predicted molar refractivity (Wildman–Crippen MR) is 73.4 cm³/mol. The lowest BCUT2D eigenvalue weighted by Gasteiger charge is -2.16. The van der Waals surface area contributed by atoms with Crippen molar-refractivity contribution >= 4 is 33.0 Å². The fraction of sp³-hybridized carbons (Fsp3) is 0.500. The van der Waals surface area contributed by atoms with Crippen molar-refractivity contribution in [3.8, 4) is 0 Å². The third kappa shape index (κ3) is 2.22. The first-order valence-corrected chi connectivity index (χ1v) is 6.88. The number of aromatic nitrogens is 4. The van der Waals surface area contributed by atoms with Crippen LogP contribution in [0.3, 0.4) is 0 Å². The van der Waals surface area contributed by atoms with Crippen LogP contribution in [0.25, 0.3) is 11.2 Å². The maximum absolute atomic E-state index is 11.7. The largest absolute Gasteiger partial charge is 0.387 e. The minimum atomic E-state index is -1.33. The van der Waals surface area contributed by atoms with Crippen molar-refractivity contribution in [2.24, 2.45) is 0 Å². The first-order chi connectivity index (χ1) is 9.90. The highest BCUT2D eigenvalue weighted by Gasteiger charge is 2.46. The summed E-state index contributed by atoms with van der Waals surface area (Å²) in [6.45, 7) is 0. The van der Waals surface area contributed by atoms with Crippen LogP contribution >= 0.6 is 15.9 Å². The molecule has 1 saturated heterocycles. The summed E-state index contributed by atoms with van der Waals surface area (Å²) in [5.74, 6) is -0.112. The van der Waals surface area contributed by atoms with Crippen molar-refractivity contribution in [3.63, 3.8) is 0 Å². The molecule has 1 aliphatic rings. The van der Waals surface area contributed by atoms with E-state index >= 15 is 0 Å². The van der Waals surface area contributed by atoms with Gasteiger partial charge in [0.1, 0.15) is 23.3 Å². The molecule has 0 radical (unpaired) electrons. The van der Waals surface area contributed by atoms with Crippen molar-refractivity contribution in [1.82, 2.24) is 19.5 Å². The average molecular weight is 362 g/mol. The number of ether oxygens (including phenoxy) is 1. The van der Waals surface area contributed by atoms with Gasteiger partial charge in [0.2, 0.25) is 5.95 Å². The number of rotatable bonds is 2. The van der Waals surface area contributed by atoms with Gasteiger partial charge in [0.15, 0.2) is 17.4 Å². The minimum Gasteiger partial charge on any atom is -0.387 e. The van der Waals surface area contributed by atoms with E-state index in [4.69, 9.17) is 10.5 Å². The number of hydrogen-bond acceptors (Lipinski definition) is 8. The van der Waals surface area contributed by atoms with Crippen molar-refractivity contribution in [2.75, 3.05) is 5.73 Å². The number of aliphatic hydroxyl groups excluding tert-OH is 3. The predicted octanol–water partition coefficient (Wildman–Crippen LogP) is -1.97. The van der Waals surface area contributed by atoms with E-state index in [0.717, 1.165) is 0 Å². The Morgan fingerprint density at radius 1 is 1.48 bits per heavy atom. The van der Waals surface area contributed by atoms with Crippen LogP contribution in [0.5, 0.6) is 0 Å². The summed E-state index contributed by atoms with van der Waals surface area (Å²) in [5.41, 5.74) is 5.09. The Bertz CT molecular complexity index is 730. The van der Waals surface area contributed by atoms with Crippen LogP contribution in [-0.2, 0) is 4.74 Å². The number of nitrogen functional groups attached to an aromatic ring is 1. The molecule has 11 heteroatoms. The summed E-state index contributed by atoms with van der Waals surface area (Å²) in [4.78, 5) is 21.8. The van der Waals surface area contributed by atoms with Crippen LogP contribution in [0.15, 0.2) is 11.1 Å². The number of nitrogens with two attached hydrogens (primary N) is 1. The molecule has 5 atom stereocenters. The summed E-state index contributed by atoms with van der Waals surface area (Å²) in [7, 11) is 0. The number of alkyl halides is 1. The van der Waals surface area contributed by atoms with Gasteiger partial charge < -0.3 is 25.8 Å². The standard InChI is InChI=1S/C10H12BrN5O5/c11-6(19)5-3(17)4(18)9(21-5)16-1-13-2-7(16)14-10(12)15-8(2)20/h1,3-6,9,17-19H,(H3,12,14,15,20)/t3-,4+,5-,6?,9+/m0/s1. The lowest BCUT2D eigenvalue weighted by molar-refractivity contribution is -0.0578. The zero-order chi connectivity index (χ0) is 15.3. The molecule has 3 heterocycles. The topological polar surface area (TPSA) is 160 Å². The fourth-order valence-electron chi connectivity index (χ4n) is 2.27. The molecule has 3 rings (SSSR count). The molecule has 0 amide bonds. The Labute approximate surface area is 125 Å².